The van der Waals surface area contributed by atoms with Crippen LogP contribution in [0.15, 0.2) is 83.2 Å². The molecular weight excluding hydrogens is 494 g/mol. The number of benzene rings is 2. The maximum absolute atomic E-state index is 13.3. The fraction of sp³-hybridized carbons (Fsp3) is 0.111. The molecule has 0 aliphatic rings. The Kier molecular flexibility index (Phi) is 6.75. The number of nitrogens with zero attached hydrogens (tertiary/aromatic N) is 2. The summed E-state index contributed by atoms with van der Waals surface area (Å²) >= 11 is 2.67. The molecule has 0 unspecified atom stereocenters. The van der Waals surface area contributed by atoms with Crippen LogP contribution in [0.2, 0.25) is 0 Å². The Labute approximate surface area is 214 Å². The van der Waals surface area contributed by atoms with Gasteiger partial charge in [-0.2, -0.15) is 0 Å². The van der Waals surface area contributed by atoms with Crippen LogP contribution in [-0.4, -0.2) is 28.0 Å². The van der Waals surface area contributed by atoms with E-state index in [2.05, 4.69) is 10.3 Å². The van der Waals surface area contributed by atoms with Crippen LogP contribution >= 0.6 is 22.7 Å². The van der Waals surface area contributed by atoms with Crippen molar-refractivity contribution >= 4 is 49.8 Å². The Morgan fingerprint density at radius 1 is 1.03 bits per heavy atom. The summed E-state index contributed by atoms with van der Waals surface area (Å²) in [5, 5.41) is 5.56. The van der Waals surface area contributed by atoms with Crippen LogP contribution in [0.5, 0.6) is 0 Å². The third kappa shape index (κ3) is 4.71. The van der Waals surface area contributed by atoms with E-state index in [9.17, 15) is 14.4 Å². The van der Waals surface area contributed by atoms with Crippen LogP contribution in [0.1, 0.15) is 17.3 Å². The van der Waals surface area contributed by atoms with Gasteiger partial charge >= 0.3 is 5.97 Å². The van der Waals surface area contributed by atoms with Crippen LogP contribution in [-0.2, 0) is 16.1 Å². The zero-order valence-corrected chi connectivity index (χ0v) is 20.9. The molecule has 5 rings (SSSR count). The van der Waals surface area contributed by atoms with Gasteiger partial charge < -0.3 is 10.1 Å². The first-order valence-corrected chi connectivity index (χ1v) is 12.9. The molecule has 0 atom stereocenters. The van der Waals surface area contributed by atoms with Gasteiger partial charge in [0.2, 0.25) is 5.91 Å². The molecule has 1 amide bonds. The lowest BCUT2D eigenvalue weighted by Gasteiger charge is -2.08. The molecule has 180 valence electrons. The van der Waals surface area contributed by atoms with Crippen LogP contribution in [0.4, 0.5) is 5.00 Å². The number of aromatic nitrogens is 2. The second-order valence-electron chi connectivity index (χ2n) is 7.86. The van der Waals surface area contributed by atoms with Crippen molar-refractivity contribution in [3.05, 3.63) is 94.4 Å². The molecule has 36 heavy (non-hydrogen) atoms. The number of anilines is 1. The van der Waals surface area contributed by atoms with Gasteiger partial charge in [0.25, 0.3) is 5.56 Å². The number of ether oxygens (including phenoxy) is 1. The molecule has 0 aliphatic heterocycles. The fourth-order valence-electron chi connectivity index (χ4n) is 3.82. The highest BCUT2D eigenvalue weighted by Gasteiger charge is 2.21. The van der Waals surface area contributed by atoms with Crippen molar-refractivity contribution in [2.24, 2.45) is 0 Å². The topological polar surface area (TPSA) is 90.3 Å². The van der Waals surface area contributed by atoms with Gasteiger partial charge in [-0.15, -0.1) is 22.7 Å². The first-order chi connectivity index (χ1) is 17.5. The Hall–Kier alpha value is -4.08. The average Bonchev–Trinajstić information content (AvgIpc) is 3.52. The maximum atomic E-state index is 13.3. The van der Waals surface area contributed by atoms with Crippen molar-refractivity contribution in [3.63, 3.8) is 0 Å². The van der Waals surface area contributed by atoms with Crippen molar-refractivity contribution in [1.82, 2.24) is 9.55 Å². The highest BCUT2D eigenvalue weighted by atomic mass is 32.1. The predicted molar refractivity (Wildman–Crippen MR) is 144 cm³/mol. The van der Waals surface area contributed by atoms with Gasteiger partial charge in [-0.05, 0) is 24.1 Å². The van der Waals surface area contributed by atoms with Gasteiger partial charge in [0, 0.05) is 15.8 Å². The third-order valence-corrected chi connectivity index (χ3v) is 7.48. The van der Waals surface area contributed by atoms with Crippen molar-refractivity contribution in [3.8, 4) is 21.6 Å². The number of amides is 1. The van der Waals surface area contributed by atoms with E-state index in [1.54, 1.807) is 13.0 Å². The van der Waals surface area contributed by atoms with E-state index in [0.717, 1.165) is 21.6 Å². The van der Waals surface area contributed by atoms with Gasteiger partial charge in [-0.1, -0.05) is 60.7 Å². The molecule has 7 nitrogen and oxygen atoms in total. The minimum absolute atomic E-state index is 0.216. The number of hydrogen-bond acceptors (Lipinski definition) is 7. The van der Waals surface area contributed by atoms with Crippen LogP contribution in [0, 0.1) is 0 Å². The lowest BCUT2D eigenvalue weighted by molar-refractivity contribution is -0.116. The smallest absolute Gasteiger partial charge is 0.341 e. The van der Waals surface area contributed by atoms with Crippen LogP contribution in [0.3, 0.4) is 0 Å². The summed E-state index contributed by atoms with van der Waals surface area (Å²) in [5.41, 5.74) is 2.61. The number of esters is 1. The molecule has 0 saturated carbocycles. The summed E-state index contributed by atoms with van der Waals surface area (Å²) in [7, 11) is 0. The molecule has 0 fully saturated rings. The maximum Gasteiger partial charge on any atom is 0.341 e. The third-order valence-electron chi connectivity index (χ3n) is 5.50. The number of carbonyl (C=O) groups excluding carboxylic acids is 2. The van der Waals surface area contributed by atoms with Gasteiger partial charge in [-0.25, -0.2) is 9.78 Å². The Bertz CT molecular complexity index is 1600. The summed E-state index contributed by atoms with van der Waals surface area (Å²) in [6.07, 6.45) is 1.38. The predicted octanol–water partition coefficient (Wildman–Crippen LogP) is 5.67. The van der Waals surface area contributed by atoms with Gasteiger partial charge in [-0.3, -0.25) is 14.2 Å². The first kappa shape index (κ1) is 23.7. The van der Waals surface area contributed by atoms with Gasteiger partial charge in [0.05, 0.1) is 23.9 Å². The molecule has 3 heterocycles. The summed E-state index contributed by atoms with van der Waals surface area (Å²) in [6, 6.07) is 20.9. The molecule has 0 radical (unpaired) electrons. The first-order valence-electron chi connectivity index (χ1n) is 11.2. The normalized spacial score (nSPS) is 10.9. The largest absolute Gasteiger partial charge is 0.462 e. The molecule has 0 spiro atoms. The average molecular weight is 516 g/mol. The monoisotopic (exact) mass is 515 g/mol. The van der Waals surface area contributed by atoms with E-state index >= 15 is 0 Å². The molecule has 0 aliphatic carbocycles. The van der Waals surface area contributed by atoms with Crippen molar-refractivity contribution in [1.29, 1.82) is 0 Å². The second kappa shape index (κ2) is 10.3. The minimum Gasteiger partial charge on any atom is -0.462 e. The summed E-state index contributed by atoms with van der Waals surface area (Å²) < 4.78 is 6.47. The highest BCUT2D eigenvalue weighted by molar-refractivity contribution is 7.20. The van der Waals surface area contributed by atoms with E-state index in [1.165, 1.54) is 33.6 Å². The Balaban J connectivity index is 1.44. The number of thiophene rings is 2. The van der Waals surface area contributed by atoms with E-state index in [4.69, 9.17) is 4.74 Å². The summed E-state index contributed by atoms with van der Waals surface area (Å²) in [5.74, 6) is -0.959. The lowest BCUT2D eigenvalue weighted by Crippen LogP contribution is -2.28. The van der Waals surface area contributed by atoms with Gasteiger partial charge in [0.15, 0.2) is 0 Å². The zero-order valence-electron chi connectivity index (χ0n) is 19.3. The molecule has 1 N–H and O–H groups in total. The number of fused-ring (bicyclic) bond motifs is 1. The summed E-state index contributed by atoms with van der Waals surface area (Å²) in [6.45, 7) is 1.70. The molecule has 9 heteroatoms. The van der Waals surface area contributed by atoms with Gasteiger partial charge in [0.1, 0.15) is 16.4 Å². The number of rotatable bonds is 7. The van der Waals surface area contributed by atoms with Crippen molar-refractivity contribution in [2.75, 3.05) is 11.9 Å². The summed E-state index contributed by atoms with van der Waals surface area (Å²) in [4.78, 5) is 44.7. The minimum atomic E-state index is -0.516. The Morgan fingerprint density at radius 3 is 2.42 bits per heavy atom. The lowest BCUT2D eigenvalue weighted by atomic mass is 10.1. The quantitative estimate of drug-likeness (QED) is 0.282. The fourth-order valence-corrected chi connectivity index (χ4v) is 5.79. The van der Waals surface area contributed by atoms with E-state index in [1.807, 2.05) is 66.0 Å². The van der Waals surface area contributed by atoms with E-state index in [0.29, 0.717) is 15.2 Å². The number of carbonyl (C=O) groups is 2. The van der Waals surface area contributed by atoms with Crippen molar-refractivity contribution < 1.29 is 14.3 Å². The number of hydrogen-bond donors (Lipinski definition) is 1. The van der Waals surface area contributed by atoms with Crippen LogP contribution in [0.25, 0.3) is 31.8 Å². The Morgan fingerprint density at radius 2 is 1.72 bits per heavy atom. The van der Waals surface area contributed by atoms with E-state index < -0.39 is 11.9 Å². The molecule has 0 saturated heterocycles. The highest BCUT2D eigenvalue weighted by Crippen LogP contribution is 2.36. The van der Waals surface area contributed by atoms with Crippen molar-refractivity contribution in [2.45, 2.75) is 13.5 Å². The molecule has 2 aromatic carbocycles. The standard InChI is InChI=1S/C27H21N3O4S2/c1-2-34-27(33)19-13-21(18-11-7-4-8-12-18)36-24(19)29-22(31)14-30-16-28-25-23(26(30)32)20(15-35-25)17-9-5-3-6-10-17/h3-13,15-16H,2,14H2,1H3,(H,29,31). The SMILES string of the molecule is CCOC(=O)c1cc(-c2ccccc2)sc1NC(=O)Cn1cnc2scc(-c3ccccc3)c2c1=O. The van der Waals surface area contributed by atoms with Crippen LogP contribution < -0.4 is 10.9 Å². The molecular formula is C27H21N3O4S2. The number of nitrogens with one attached hydrogen (secondary N) is 1. The second-order valence-corrected chi connectivity index (χ2v) is 9.77. The molecule has 5 aromatic rings. The molecule has 3 aromatic heterocycles. The zero-order chi connectivity index (χ0) is 25.1. The molecule has 0 bridgehead atoms. The van der Waals surface area contributed by atoms with E-state index in [-0.39, 0.29) is 24.3 Å².